The summed E-state index contributed by atoms with van der Waals surface area (Å²) in [6.45, 7) is 0. The van der Waals surface area contributed by atoms with E-state index in [2.05, 4.69) is 0 Å². The van der Waals surface area contributed by atoms with Gasteiger partial charge in [-0.25, -0.2) is 0 Å². The molecule has 0 spiro atoms. The zero-order chi connectivity index (χ0) is 0. The fourth-order valence-corrected chi connectivity index (χ4v) is 0. The van der Waals surface area contributed by atoms with Crippen LogP contribution in [0, 0.1) is 0 Å². The standard InChI is InChI=1S/3O.Sn.Sr. The Balaban J connectivity index is 0. The predicted octanol–water partition coefficient (Wildman–Crippen LogP) is -1.12. The van der Waals surface area contributed by atoms with Crippen molar-refractivity contribution in [3.63, 3.8) is 0 Å². The average Bonchev–Trinajstić information content (AvgIpc) is 0. The molecule has 0 fully saturated rings. The zero-order valence-electron chi connectivity index (χ0n) is 2.43. The first-order valence-electron chi connectivity index (χ1n) is 0. The first-order valence-corrected chi connectivity index (χ1v) is 0. The van der Waals surface area contributed by atoms with Crippen molar-refractivity contribution in [3.05, 3.63) is 0 Å². The van der Waals surface area contributed by atoms with Crippen molar-refractivity contribution in [2.75, 3.05) is 0 Å². The van der Waals surface area contributed by atoms with E-state index in [1.165, 1.54) is 0 Å². The van der Waals surface area contributed by atoms with Crippen LogP contribution in [0.5, 0.6) is 0 Å². The molecule has 0 bridgehead atoms. The summed E-state index contributed by atoms with van der Waals surface area (Å²) in [5.74, 6) is 0. The average molecular weight is 254 g/mol. The van der Waals surface area contributed by atoms with Gasteiger partial charge in [-0.1, -0.05) is 0 Å². The van der Waals surface area contributed by atoms with Gasteiger partial charge in [-0.15, -0.1) is 0 Å². The molecule has 0 unspecified atom stereocenters. The van der Waals surface area contributed by atoms with E-state index in [0.717, 1.165) is 0 Å². The van der Waals surface area contributed by atoms with E-state index in [4.69, 9.17) is 0 Å². The molecule has 5 heavy (non-hydrogen) atoms. The van der Waals surface area contributed by atoms with Crippen LogP contribution in [0.2, 0.25) is 0 Å². The molecule has 0 atom stereocenters. The quantitative estimate of drug-likeness (QED) is 0.491. The summed E-state index contributed by atoms with van der Waals surface area (Å²) in [6.07, 6.45) is 0. The molecule has 24 valence electrons. The van der Waals surface area contributed by atoms with E-state index in [-0.39, 0.29) is 85.8 Å². The maximum absolute atomic E-state index is 0. The van der Waals surface area contributed by atoms with Crippen LogP contribution in [0.4, 0.5) is 0 Å². The van der Waals surface area contributed by atoms with Crippen LogP contribution in [0.25, 0.3) is 0 Å². The van der Waals surface area contributed by atoms with Crippen molar-refractivity contribution >= 4 is 69.4 Å². The molecule has 0 aliphatic carbocycles. The van der Waals surface area contributed by atoms with Crippen LogP contribution in [-0.4, -0.2) is 69.4 Å². The molecule has 0 saturated heterocycles. The molecule has 0 aromatic carbocycles. The second-order valence-corrected chi connectivity index (χ2v) is 0. The van der Waals surface area contributed by atoms with Gasteiger partial charge >= 0.3 is 0 Å². The molecule has 0 aromatic rings. The molecule has 0 aliphatic rings. The van der Waals surface area contributed by atoms with Crippen LogP contribution < -0.4 is 0 Å². The van der Waals surface area contributed by atoms with E-state index in [1.807, 2.05) is 0 Å². The van der Waals surface area contributed by atoms with Gasteiger partial charge < -0.3 is 0 Å². The largest absolute Gasteiger partial charge is 0 e. The van der Waals surface area contributed by atoms with Gasteiger partial charge in [0.15, 0.2) is 0 Å². The van der Waals surface area contributed by atoms with Crippen LogP contribution >= 0.6 is 0 Å². The van der Waals surface area contributed by atoms with Gasteiger partial charge in [-0.3, -0.25) is 0 Å². The van der Waals surface area contributed by atoms with E-state index in [9.17, 15) is 0 Å². The molecule has 0 N–H and O–H groups in total. The van der Waals surface area contributed by atoms with Crippen molar-refractivity contribution in [2.24, 2.45) is 0 Å². The maximum Gasteiger partial charge on any atom is 0 e. The first kappa shape index (κ1) is 58.3. The Morgan fingerprint density at radius 3 is 0.600 bits per heavy atom. The van der Waals surface area contributed by atoms with Gasteiger partial charge in [0.1, 0.15) is 0 Å². The Bertz CT molecular complexity index is 6.85. The fraction of sp³-hybridized carbons (Fsp3) is 0. The molecule has 0 heterocycles. The molecular weight excluding hydrogens is 254 g/mol. The van der Waals surface area contributed by atoms with Crippen LogP contribution in [-0.2, 0) is 16.4 Å². The number of rotatable bonds is 0. The van der Waals surface area contributed by atoms with Gasteiger partial charge in [0.2, 0.25) is 0 Å². The van der Waals surface area contributed by atoms with Gasteiger partial charge in [0.25, 0.3) is 0 Å². The van der Waals surface area contributed by atoms with Crippen molar-refractivity contribution in [1.29, 1.82) is 0 Å². The fourth-order valence-electron chi connectivity index (χ4n) is 0. The van der Waals surface area contributed by atoms with Gasteiger partial charge in [-0.2, -0.15) is 0 Å². The summed E-state index contributed by atoms with van der Waals surface area (Å²) in [6, 6.07) is 0. The minimum atomic E-state index is 0. The monoisotopic (exact) mass is 256 g/mol. The Morgan fingerprint density at radius 1 is 0.600 bits per heavy atom. The van der Waals surface area contributed by atoms with Gasteiger partial charge in [0, 0.05) is 85.8 Å². The van der Waals surface area contributed by atoms with E-state index >= 15 is 0 Å². The third-order valence-electron chi connectivity index (χ3n) is 0. The second-order valence-electron chi connectivity index (χ2n) is 0. The van der Waals surface area contributed by atoms with Crippen molar-refractivity contribution < 1.29 is 16.4 Å². The smallest absolute Gasteiger partial charge is 0 e. The van der Waals surface area contributed by atoms with E-state index < -0.39 is 0 Å². The van der Waals surface area contributed by atoms with Crippen molar-refractivity contribution in [2.45, 2.75) is 0 Å². The summed E-state index contributed by atoms with van der Waals surface area (Å²) in [7, 11) is 0. The second kappa shape index (κ2) is 35.2. The maximum atomic E-state index is 0. The van der Waals surface area contributed by atoms with E-state index in [1.54, 1.807) is 0 Å². The molecule has 0 aromatic heterocycles. The van der Waals surface area contributed by atoms with Crippen LogP contribution in [0.15, 0.2) is 0 Å². The molecule has 3 nitrogen and oxygen atoms in total. The summed E-state index contributed by atoms with van der Waals surface area (Å²) in [5.41, 5.74) is 0. The summed E-state index contributed by atoms with van der Waals surface area (Å²) in [5, 5.41) is 0. The van der Waals surface area contributed by atoms with Crippen LogP contribution in [0.1, 0.15) is 0 Å². The summed E-state index contributed by atoms with van der Waals surface area (Å²) < 4.78 is 0. The number of hydrogen-bond donors (Lipinski definition) is 0. The Labute approximate surface area is 84.3 Å². The zero-order valence-corrected chi connectivity index (χ0v) is 8.76. The molecular formula is O3SnSr. The number of hydrogen-bond acceptors (Lipinski definition) is 0. The summed E-state index contributed by atoms with van der Waals surface area (Å²) in [4.78, 5) is 0. The Hall–Kier alpha value is 2.16. The molecule has 0 saturated carbocycles. The molecule has 0 aliphatic heterocycles. The Kier molecular flexibility index (Phi) is 410. The SMILES string of the molecule is [O].[O].[O].[Sn].[Sr]. The topological polar surface area (TPSA) is 85.5 Å². The molecule has 0 amide bonds. The Morgan fingerprint density at radius 2 is 0.600 bits per heavy atom. The van der Waals surface area contributed by atoms with Crippen molar-refractivity contribution in [1.82, 2.24) is 0 Å². The van der Waals surface area contributed by atoms with E-state index in [0.29, 0.717) is 0 Å². The van der Waals surface area contributed by atoms with Gasteiger partial charge in [0.05, 0.1) is 0 Å². The van der Waals surface area contributed by atoms with Gasteiger partial charge in [-0.05, 0) is 0 Å². The molecule has 0 rings (SSSR count). The third-order valence-corrected chi connectivity index (χ3v) is 0. The molecule has 12 radical (unpaired) electrons. The van der Waals surface area contributed by atoms with Crippen LogP contribution in [0.3, 0.4) is 0 Å². The predicted molar refractivity (Wildman–Crippen MR) is 13.6 cm³/mol. The summed E-state index contributed by atoms with van der Waals surface area (Å²) >= 11 is 0. The minimum Gasteiger partial charge on any atom is 0 e. The minimum absolute atomic E-state index is 0. The molecule has 5 heteroatoms. The third kappa shape index (κ3) is 22.9. The first-order chi connectivity index (χ1) is 0. The van der Waals surface area contributed by atoms with Crippen molar-refractivity contribution in [3.8, 4) is 0 Å². The normalized spacial score (nSPS) is 0.